The van der Waals surface area contributed by atoms with Crippen LogP contribution in [-0.2, 0) is 0 Å². The lowest BCUT2D eigenvalue weighted by Crippen LogP contribution is -2.41. The van der Waals surface area contributed by atoms with Crippen molar-refractivity contribution in [2.24, 2.45) is 5.92 Å². The molecule has 1 heterocycles. The zero-order valence-electron chi connectivity index (χ0n) is 12.5. The van der Waals surface area contributed by atoms with Crippen molar-refractivity contribution < 1.29 is 0 Å². The molecule has 0 radical (unpaired) electrons. The number of rotatable bonds is 4. The minimum Gasteiger partial charge on any atom is -0.314 e. The number of piperidine rings is 1. The van der Waals surface area contributed by atoms with E-state index in [9.17, 15) is 0 Å². The van der Waals surface area contributed by atoms with E-state index >= 15 is 0 Å². The van der Waals surface area contributed by atoms with Crippen LogP contribution >= 0.6 is 23.2 Å². The highest BCUT2D eigenvalue weighted by Gasteiger charge is 2.30. The summed E-state index contributed by atoms with van der Waals surface area (Å²) in [5.41, 5.74) is 1.24. The Morgan fingerprint density at radius 2 is 1.90 bits per heavy atom. The van der Waals surface area contributed by atoms with E-state index in [2.05, 4.69) is 43.2 Å². The molecule has 2 atom stereocenters. The summed E-state index contributed by atoms with van der Waals surface area (Å²) in [5, 5.41) is 5.02. The maximum atomic E-state index is 6.17. The lowest BCUT2D eigenvalue weighted by atomic mass is 9.84. The molecule has 1 saturated heterocycles. The summed E-state index contributed by atoms with van der Waals surface area (Å²) in [5.74, 6) is 0.602. The van der Waals surface area contributed by atoms with E-state index in [1.54, 1.807) is 6.07 Å². The van der Waals surface area contributed by atoms with Gasteiger partial charge in [-0.2, -0.15) is 0 Å². The van der Waals surface area contributed by atoms with E-state index in [-0.39, 0.29) is 0 Å². The van der Waals surface area contributed by atoms with Gasteiger partial charge in [-0.05, 0) is 56.1 Å². The van der Waals surface area contributed by atoms with E-state index in [1.807, 2.05) is 0 Å². The summed E-state index contributed by atoms with van der Waals surface area (Å²) in [7, 11) is 2.20. The maximum absolute atomic E-state index is 6.17. The first kappa shape index (κ1) is 16.1. The van der Waals surface area contributed by atoms with Crippen LogP contribution in [0.1, 0.15) is 38.3 Å². The van der Waals surface area contributed by atoms with E-state index < -0.39 is 0 Å². The molecule has 2 unspecified atom stereocenters. The van der Waals surface area contributed by atoms with Crippen LogP contribution in [0.3, 0.4) is 0 Å². The number of benzene rings is 1. The van der Waals surface area contributed by atoms with Gasteiger partial charge in [-0.3, -0.25) is 4.90 Å². The summed E-state index contributed by atoms with van der Waals surface area (Å²) in [6.45, 7) is 6.55. The van der Waals surface area contributed by atoms with Gasteiger partial charge in [-0.15, -0.1) is 0 Å². The van der Waals surface area contributed by atoms with Crippen LogP contribution < -0.4 is 5.32 Å². The molecular weight excluding hydrogens is 291 g/mol. The van der Waals surface area contributed by atoms with Crippen LogP contribution in [0, 0.1) is 5.92 Å². The Labute approximate surface area is 132 Å². The molecule has 20 heavy (non-hydrogen) atoms. The monoisotopic (exact) mass is 314 g/mol. The highest BCUT2D eigenvalue weighted by Crippen LogP contribution is 2.36. The maximum Gasteiger partial charge on any atom is 0.0424 e. The predicted octanol–water partition coefficient (Wildman–Crippen LogP) is 4.37. The number of nitrogens with one attached hydrogen (secondary N) is 1. The third-order valence-electron chi connectivity index (χ3n) is 4.02. The number of hydrogen-bond acceptors (Lipinski definition) is 2. The van der Waals surface area contributed by atoms with E-state index in [0.717, 1.165) is 23.1 Å². The second-order valence-corrected chi connectivity index (χ2v) is 6.97. The van der Waals surface area contributed by atoms with Crippen molar-refractivity contribution in [3.05, 3.63) is 33.8 Å². The predicted molar refractivity (Wildman–Crippen MR) is 87.7 cm³/mol. The fourth-order valence-corrected chi connectivity index (χ4v) is 3.68. The Bertz CT molecular complexity index is 428. The van der Waals surface area contributed by atoms with Gasteiger partial charge in [0.05, 0.1) is 0 Å². The molecule has 0 amide bonds. The van der Waals surface area contributed by atoms with Crippen LogP contribution in [0.2, 0.25) is 10.0 Å². The smallest absolute Gasteiger partial charge is 0.0424 e. The molecule has 1 fully saturated rings. The average Bonchev–Trinajstić information content (AvgIpc) is 2.35. The van der Waals surface area contributed by atoms with Crippen molar-refractivity contribution in [1.29, 1.82) is 0 Å². The van der Waals surface area contributed by atoms with E-state index in [4.69, 9.17) is 23.2 Å². The molecule has 1 aliphatic heterocycles. The first-order valence-electron chi connectivity index (χ1n) is 7.37. The van der Waals surface area contributed by atoms with Crippen molar-refractivity contribution in [2.45, 2.75) is 38.8 Å². The highest BCUT2D eigenvalue weighted by molar-refractivity contribution is 6.34. The van der Waals surface area contributed by atoms with E-state index in [1.165, 1.54) is 18.4 Å². The fourth-order valence-electron chi connectivity index (χ4n) is 3.13. The van der Waals surface area contributed by atoms with Crippen molar-refractivity contribution in [3.63, 3.8) is 0 Å². The topological polar surface area (TPSA) is 15.3 Å². The fraction of sp³-hybridized carbons (Fsp3) is 0.625. The molecule has 2 rings (SSSR count). The van der Waals surface area contributed by atoms with Gasteiger partial charge < -0.3 is 5.32 Å². The largest absolute Gasteiger partial charge is 0.314 e. The molecule has 4 heteroatoms. The first-order chi connectivity index (χ1) is 9.47. The summed E-state index contributed by atoms with van der Waals surface area (Å²) in [6.07, 6.45) is 2.50. The van der Waals surface area contributed by atoms with Gasteiger partial charge in [0.1, 0.15) is 0 Å². The second kappa shape index (κ2) is 7.13. The third kappa shape index (κ3) is 4.11. The minimum atomic E-state index is 0.395. The van der Waals surface area contributed by atoms with Crippen LogP contribution in [0.15, 0.2) is 18.2 Å². The Morgan fingerprint density at radius 3 is 2.50 bits per heavy atom. The first-order valence-corrected chi connectivity index (χ1v) is 8.12. The SMILES string of the molecule is CC(C)NCC1CCCN(C)C1c1cc(Cl)cc(Cl)c1. The van der Waals surface area contributed by atoms with Crippen LogP contribution in [-0.4, -0.2) is 31.1 Å². The van der Waals surface area contributed by atoms with Crippen molar-refractivity contribution >= 4 is 23.2 Å². The molecule has 2 nitrogen and oxygen atoms in total. The normalized spacial score (nSPS) is 24.3. The molecular formula is C16H24Cl2N2. The number of likely N-dealkylation sites (tertiary alicyclic amines) is 1. The van der Waals surface area contributed by atoms with Gasteiger partial charge in [-0.25, -0.2) is 0 Å². The number of nitrogens with zero attached hydrogens (tertiary/aromatic N) is 1. The Morgan fingerprint density at radius 1 is 1.25 bits per heavy atom. The molecule has 1 aliphatic rings. The van der Waals surface area contributed by atoms with Crippen LogP contribution in [0.4, 0.5) is 0 Å². The van der Waals surface area contributed by atoms with Gasteiger partial charge in [0.25, 0.3) is 0 Å². The standard InChI is InChI=1S/C16H24Cl2N2/c1-11(2)19-10-12-5-4-6-20(3)16(12)13-7-14(17)9-15(18)8-13/h7-9,11-12,16,19H,4-6,10H2,1-3H3. The summed E-state index contributed by atoms with van der Waals surface area (Å²) in [4.78, 5) is 2.43. The van der Waals surface area contributed by atoms with Gasteiger partial charge in [0.2, 0.25) is 0 Å². The van der Waals surface area contributed by atoms with Crippen molar-refractivity contribution in [2.75, 3.05) is 20.1 Å². The zero-order chi connectivity index (χ0) is 14.7. The van der Waals surface area contributed by atoms with Gasteiger partial charge in [0.15, 0.2) is 0 Å². The second-order valence-electron chi connectivity index (χ2n) is 6.09. The van der Waals surface area contributed by atoms with Crippen molar-refractivity contribution in [3.8, 4) is 0 Å². The lowest BCUT2D eigenvalue weighted by molar-refractivity contribution is 0.118. The molecule has 0 bridgehead atoms. The van der Waals surface area contributed by atoms with Gasteiger partial charge in [0, 0.05) is 28.7 Å². The quantitative estimate of drug-likeness (QED) is 0.887. The van der Waals surface area contributed by atoms with Crippen LogP contribution in [0.5, 0.6) is 0 Å². The zero-order valence-corrected chi connectivity index (χ0v) is 14.0. The minimum absolute atomic E-state index is 0.395. The molecule has 1 aromatic carbocycles. The molecule has 112 valence electrons. The number of hydrogen-bond donors (Lipinski definition) is 1. The Balaban J connectivity index is 2.22. The Hall–Kier alpha value is -0.280. The average molecular weight is 315 g/mol. The van der Waals surface area contributed by atoms with Gasteiger partial charge >= 0.3 is 0 Å². The molecule has 1 aromatic rings. The molecule has 0 saturated carbocycles. The Kier molecular flexibility index (Phi) is 5.74. The molecule has 1 N–H and O–H groups in total. The molecule has 0 aromatic heterocycles. The van der Waals surface area contributed by atoms with Crippen LogP contribution in [0.25, 0.3) is 0 Å². The lowest BCUT2D eigenvalue weighted by Gasteiger charge is -2.40. The number of halogens is 2. The molecule has 0 spiro atoms. The van der Waals surface area contributed by atoms with Gasteiger partial charge in [-0.1, -0.05) is 37.0 Å². The van der Waals surface area contributed by atoms with E-state index in [0.29, 0.717) is 18.0 Å². The molecule has 0 aliphatic carbocycles. The third-order valence-corrected chi connectivity index (χ3v) is 4.46. The summed E-state index contributed by atoms with van der Waals surface area (Å²) >= 11 is 12.3. The summed E-state index contributed by atoms with van der Waals surface area (Å²) in [6, 6.07) is 6.83. The highest BCUT2D eigenvalue weighted by atomic mass is 35.5. The summed E-state index contributed by atoms with van der Waals surface area (Å²) < 4.78 is 0. The van der Waals surface area contributed by atoms with Crippen molar-refractivity contribution in [1.82, 2.24) is 10.2 Å².